The van der Waals surface area contributed by atoms with Crippen molar-refractivity contribution in [2.75, 3.05) is 13.1 Å². The molecular formula is C17H24Cl2N6O. The van der Waals surface area contributed by atoms with Gasteiger partial charge < -0.3 is 10.6 Å². The van der Waals surface area contributed by atoms with Crippen LogP contribution >= 0.6 is 24.0 Å². The molecule has 7 nitrogen and oxygen atoms in total. The molecule has 1 fully saturated rings. The number of halogens is 2. The molecule has 0 aliphatic carbocycles. The first-order valence-electron chi connectivity index (χ1n) is 8.65. The second-order valence-electron chi connectivity index (χ2n) is 6.45. The van der Waals surface area contributed by atoms with Gasteiger partial charge in [0.15, 0.2) is 6.04 Å². The van der Waals surface area contributed by atoms with Crippen LogP contribution in [0.2, 0.25) is 5.02 Å². The van der Waals surface area contributed by atoms with Gasteiger partial charge in [0, 0.05) is 23.2 Å². The van der Waals surface area contributed by atoms with E-state index < -0.39 is 6.04 Å². The Labute approximate surface area is 164 Å². The summed E-state index contributed by atoms with van der Waals surface area (Å²) in [6.07, 6.45) is 1.65. The molecule has 0 radical (unpaired) electrons. The number of nitrogens with one attached hydrogen (secondary N) is 2. The molecule has 0 bridgehead atoms. The lowest BCUT2D eigenvalue weighted by molar-refractivity contribution is -0.126. The quantitative estimate of drug-likeness (QED) is 0.807. The fraction of sp³-hybridized carbons (Fsp3) is 0.529. The molecule has 0 saturated carbocycles. The van der Waals surface area contributed by atoms with Gasteiger partial charge in [-0.25, -0.2) is 0 Å². The number of carbonyl (C=O) groups excluding carboxylic acids is 1. The van der Waals surface area contributed by atoms with Crippen molar-refractivity contribution in [3.8, 4) is 11.4 Å². The summed E-state index contributed by atoms with van der Waals surface area (Å²) in [6, 6.07) is 6.88. The van der Waals surface area contributed by atoms with Crippen LogP contribution in [0.25, 0.3) is 11.4 Å². The van der Waals surface area contributed by atoms with Gasteiger partial charge in [0.2, 0.25) is 11.7 Å². The summed E-state index contributed by atoms with van der Waals surface area (Å²) in [6.45, 7) is 5.90. The van der Waals surface area contributed by atoms with E-state index in [0.29, 0.717) is 23.2 Å². The van der Waals surface area contributed by atoms with Gasteiger partial charge in [-0.2, -0.15) is 4.80 Å². The Morgan fingerprint density at radius 1 is 1.42 bits per heavy atom. The van der Waals surface area contributed by atoms with Crippen LogP contribution in [-0.2, 0) is 4.79 Å². The predicted molar refractivity (Wildman–Crippen MR) is 103 cm³/mol. The number of tetrazole rings is 1. The molecule has 142 valence electrons. The van der Waals surface area contributed by atoms with E-state index in [-0.39, 0.29) is 24.4 Å². The lowest BCUT2D eigenvalue weighted by Gasteiger charge is -2.31. The minimum absolute atomic E-state index is 0. The molecule has 2 N–H and O–H groups in total. The molecule has 9 heteroatoms. The summed E-state index contributed by atoms with van der Waals surface area (Å²) >= 11 is 5.90. The Bertz CT molecular complexity index is 720. The summed E-state index contributed by atoms with van der Waals surface area (Å²) in [4.78, 5) is 14.1. The molecule has 3 unspecified atom stereocenters. The third kappa shape index (κ3) is 4.72. The maximum Gasteiger partial charge on any atom is 0.247 e. The topological polar surface area (TPSA) is 84.7 Å². The number of rotatable bonds is 5. The van der Waals surface area contributed by atoms with Gasteiger partial charge in [-0.15, -0.1) is 22.6 Å². The van der Waals surface area contributed by atoms with E-state index >= 15 is 0 Å². The average Bonchev–Trinajstić information content (AvgIpc) is 3.08. The Morgan fingerprint density at radius 2 is 2.15 bits per heavy atom. The maximum atomic E-state index is 12.7. The first-order chi connectivity index (χ1) is 12.1. The van der Waals surface area contributed by atoms with Crippen molar-refractivity contribution in [3.05, 3.63) is 29.3 Å². The van der Waals surface area contributed by atoms with E-state index in [1.165, 1.54) is 4.80 Å². The second-order valence-corrected chi connectivity index (χ2v) is 6.89. The van der Waals surface area contributed by atoms with E-state index in [0.717, 1.165) is 25.1 Å². The number of benzene rings is 1. The van der Waals surface area contributed by atoms with Crippen LogP contribution in [0, 0.1) is 5.92 Å². The molecule has 0 spiro atoms. The fourth-order valence-electron chi connectivity index (χ4n) is 2.99. The Morgan fingerprint density at radius 3 is 2.81 bits per heavy atom. The van der Waals surface area contributed by atoms with Crippen LogP contribution < -0.4 is 10.6 Å². The summed E-state index contributed by atoms with van der Waals surface area (Å²) in [5, 5.41) is 19.6. The number of piperidine rings is 1. The van der Waals surface area contributed by atoms with Crippen molar-refractivity contribution in [1.82, 2.24) is 30.8 Å². The first kappa shape index (κ1) is 20.6. The normalized spacial score (nSPS) is 20.9. The zero-order valence-electron chi connectivity index (χ0n) is 14.9. The highest BCUT2D eigenvalue weighted by molar-refractivity contribution is 6.30. The minimum atomic E-state index is -0.470. The van der Waals surface area contributed by atoms with E-state index in [1.807, 2.05) is 19.1 Å². The SMILES string of the molecule is CCC(C(=O)NC1CNCCC1C)n1nnc(-c2ccc(Cl)cc2)n1.Cl. The van der Waals surface area contributed by atoms with Crippen LogP contribution in [0.15, 0.2) is 24.3 Å². The number of carbonyl (C=O) groups is 1. The van der Waals surface area contributed by atoms with E-state index in [1.54, 1.807) is 12.1 Å². The summed E-state index contributed by atoms with van der Waals surface area (Å²) in [5.74, 6) is 0.870. The third-order valence-corrected chi connectivity index (χ3v) is 4.91. The predicted octanol–water partition coefficient (Wildman–Crippen LogP) is 2.48. The lowest BCUT2D eigenvalue weighted by Crippen LogP contribution is -2.51. The van der Waals surface area contributed by atoms with Crippen molar-refractivity contribution in [3.63, 3.8) is 0 Å². The lowest BCUT2D eigenvalue weighted by atomic mass is 9.94. The molecule has 2 heterocycles. The summed E-state index contributed by atoms with van der Waals surface area (Å²) in [5.41, 5.74) is 0.816. The van der Waals surface area contributed by atoms with E-state index in [2.05, 4.69) is 33.0 Å². The second kappa shape index (κ2) is 9.30. The van der Waals surface area contributed by atoms with Crippen LogP contribution in [0.5, 0.6) is 0 Å². The van der Waals surface area contributed by atoms with Gasteiger partial charge in [-0.3, -0.25) is 4.79 Å². The Balaban J connectivity index is 0.00000243. The molecule has 2 aromatic rings. The molecule has 1 aromatic carbocycles. The number of hydrogen-bond acceptors (Lipinski definition) is 5. The van der Waals surface area contributed by atoms with Gasteiger partial charge in [-0.1, -0.05) is 25.4 Å². The Hall–Kier alpha value is -1.70. The smallest absolute Gasteiger partial charge is 0.247 e. The number of hydrogen-bond donors (Lipinski definition) is 2. The van der Waals surface area contributed by atoms with Crippen LogP contribution in [0.3, 0.4) is 0 Å². The monoisotopic (exact) mass is 398 g/mol. The molecule has 1 saturated heterocycles. The molecule has 1 aromatic heterocycles. The number of aromatic nitrogens is 4. The van der Waals surface area contributed by atoms with Crippen molar-refractivity contribution in [2.45, 2.75) is 38.8 Å². The molecule has 1 aliphatic rings. The van der Waals surface area contributed by atoms with Crippen molar-refractivity contribution >= 4 is 29.9 Å². The molecule has 26 heavy (non-hydrogen) atoms. The third-order valence-electron chi connectivity index (χ3n) is 4.65. The highest BCUT2D eigenvalue weighted by Crippen LogP contribution is 2.19. The summed E-state index contributed by atoms with van der Waals surface area (Å²) < 4.78 is 0. The van der Waals surface area contributed by atoms with Gasteiger partial charge >= 0.3 is 0 Å². The average molecular weight is 399 g/mol. The zero-order chi connectivity index (χ0) is 17.8. The highest BCUT2D eigenvalue weighted by atomic mass is 35.5. The minimum Gasteiger partial charge on any atom is -0.350 e. The number of amides is 1. The Kier molecular flexibility index (Phi) is 7.37. The van der Waals surface area contributed by atoms with Gasteiger partial charge in [-0.05, 0) is 54.8 Å². The standard InChI is InChI=1S/C17H23ClN6O.ClH/c1-3-15(17(25)20-14-10-19-9-8-11(14)2)24-22-16(21-23-24)12-4-6-13(18)7-5-12;/h4-7,11,14-15,19H,3,8-10H2,1-2H3,(H,20,25);1H. The van der Waals surface area contributed by atoms with Crippen molar-refractivity contribution < 1.29 is 4.79 Å². The molecule has 3 rings (SSSR count). The van der Waals surface area contributed by atoms with Gasteiger partial charge in [0.25, 0.3) is 0 Å². The van der Waals surface area contributed by atoms with Crippen LogP contribution in [0.1, 0.15) is 32.7 Å². The zero-order valence-corrected chi connectivity index (χ0v) is 16.4. The van der Waals surface area contributed by atoms with Crippen LogP contribution in [0.4, 0.5) is 0 Å². The fourth-order valence-corrected chi connectivity index (χ4v) is 3.11. The first-order valence-corrected chi connectivity index (χ1v) is 9.02. The molecule has 1 aliphatic heterocycles. The van der Waals surface area contributed by atoms with Crippen LogP contribution in [-0.4, -0.2) is 45.2 Å². The molecule has 3 atom stereocenters. The molecule has 1 amide bonds. The highest BCUT2D eigenvalue weighted by Gasteiger charge is 2.28. The van der Waals surface area contributed by atoms with Crippen molar-refractivity contribution in [2.24, 2.45) is 5.92 Å². The van der Waals surface area contributed by atoms with Gasteiger partial charge in [0.05, 0.1) is 0 Å². The maximum absolute atomic E-state index is 12.7. The van der Waals surface area contributed by atoms with Gasteiger partial charge in [0.1, 0.15) is 0 Å². The van der Waals surface area contributed by atoms with E-state index in [4.69, 9.17) is 11.6 Å². The number of nitrogens with zero attached hydrogens (tertiary/aromatic N) is 4. The molecular weight excluding hydrogens is 375 g/mol. The van der Waals surface area contributed by atoms with Crippen molar-refractivity contribution in [1.29, 1.82) is 0 Å². The summed E-state index contributed by atoms with van der Waals surface area (Å²) in [7, 11) is 0. The largest absolute Gasteiger partial charge is 0.350 e. The van der Waals surface area contributed by atoms with E-state index in [9.17, 15) is 4.79 Å².